The van der Waals surface area contributed by atoms with Crippen LogP contribution in [0.5, 0.6) is 0 Å². The number of piperazine rings is 1. The molecule has 1 atom stereocenters. The lowest BCUT2D eigenvalue weighted by Crippen LogP contribution is -2.51. The Morgan fingerprint density at radius 2 is 2.33 bits per heavy atom. The molecule has 1 fully saturated rings. The summed E-state index contributed by atoms with van der Waals surface area (Å²) in [6, 6.07) is 2.15. The largest absolute Gasteiger partial charge is 0.409 e. The Labute approximate surface area is 107 Å². The molecular formula is C12H19N5O. The molecule has 0 spiro atoms. The second kappa shape index (κ2) is 5.22. The molecular weight excluding hydrogens is 230 g/mol. The van der Waals surface area contributed by atoms with Gasteiger partial charge in [-0.3, -0.25) is 4.98 Å². The molecule has 1 aliphatic rings. The van der Waals surface area contributed by atoms with Gasteiger partial charge in [0.15, 0.2) is 5.84 Å². The van der Waals surface area contributed by atoms with Gasteiger partial charge in [-0.15, -0.1) is 0 Å². The van der Waals surface area contributed by atoms with Crippen LogP contribution in [0, 0.1) is 0 Å². The van der Waals surface area contributed by atoms with Gasteiger partial charge < -0.3 is 20.7 Å². The normalized spacial score (nSPS) is 22.2. The molecule has 1 saturated heterocycles. The zero-order valence-corrected chi connectivity index (χ0v) is 10.7. The topological polar surface area (TPSA) is 78.0 Å². The van der Waals surface area contributed by atoms with Crippen LogP contribution in [-0.2, 0) is 0 Å². The monoisotopic (exact) mass is 249 g/mol. The van der Waals surface area contributed by atoms with Crippen LogP contribution in [-0.4, -0.2) is 53.7 Å². The molecule has 2 rings (SSSR count). The summed E-state index contributed by atoms with van der Waals surface area (Å²) in [7, 11) is 2.11. The zero-order chi connectivity index (χ0) is 13.1. The van der Waals surface area contributed by atoms with E-state index < -0.39 is 0 Å². The number of nitrogens with zero attached hydrogens (tertiary/aromatic N) is 4. The second-order valence-corrected chi connectivity index (χ2v) is 4.68. The van der Waals surface area contributed by atoms with E-state index in [1.165, 1.54) is 0 Å². The van der Waals surface area contributed by atoms with Gasteiger partial charge >= 0.3 is 0 Å². The van der Waals surface area contributed by atoms with E-state index in [9.17, 15) is 0 Å². The van der Waals surface area contributed by atoms with Gasteiger partial charge in [-0.25, -0.2) is 0 Å². The van der Waals surface area contributed by atoms with Gasteiger partial charge in [-0.05, 0) is 20.0 Å². The summed E-state index contributed by atoms with van der Waals surface area (Å²) in [4.78, 5) is 8.69. The molecule has 0 radical (unpaired) electrons. The third-order valence-corrected chi connectivity index (χ3v) is 3.32. The Bertz CT molecular complexity index is 448. The lowest BCUT2D eigenvalue weighted by atomic mass is 10.1. The Kier molecular flexibility index (Phi) is 3.66. The fourth-order valence-electron chi connectivity index (χ4n) is 2.38. The SMILES string of the molecule is CC1CN(C)CCN1c1cnccc1/C(N)=N/O. The molecule has 6 heteroatoms. The number of hydrogen-bond donors (Lipinski definition) is 2. The van der Waals surface area contributed by atoms with Gasteiger partial charge in [0.05, 0.1) is 11.9 Å². The van der Waals surface area contributed by atoms with Crippen molar-refractivity contribution in [1.29, 1.82) is 0 Å². The predicted molar refractivity (Wildman–Crippen MR) is 71.1 cm³/mol. The fraction of sp³-hybridized carbons (Fsp3) is 0.500. The highest BCUT2D eigenvalue weighted by Crippen LogP contribution is 2.23. The molecule has 0 saturated carbocycles. The number of anilines is 1. The van der Waals surface area contributed by atoms with Crippen molar-refractivity contribution in [3.8, 4) is 0 Å². The molecule has 98 valence electrons. The average molecular weight is 249 g/mol. The summed E-state index contributed by atoms with van der Waals surface area (Å²) in [5.41, 5.74) is 7.36. The predicted octanol–water partition coefficient (Wildman–Crippen LogP) is 0.316. The second-order valence-electron chi connectivity index (χ2n) is 4.68. The first-order chi connectivity index (χ1) is 8.63. The quantitative estimate of drug-likeness (QED) is 0.341. The van der Waals surface area contributed by atoms with Crippen LogP contribution in [0.3, 0.4) is 0 Å². The lowest BCUT2D eigenvalue weighted by Gasteiger charge is -2.40. The van der Waals surface area contributed by atoms with E-state index >= 15 is 0 Å². The van der Waals surface area contributed by atoms with Crippen molar-refractivity contribution in [1.82, 2.24) is 9.88 Å². The third kappa shape index (κ3) is 2.38. The number of nitrogens with two attached hydrogens (primary N) is 1. The van der Waals surface area contributed by atoms with Crippen molar-refractivity contribution in [2.24, 2.45) is 10.9 Å². The molecule has 0 aromatic carbocycles. The van der Waals surface area contributed by atoms with Gasteiger partial charge in [-0.2, -0.15) is 0 Å². The molecule has 0 aliphatic carbocycles. The first kappa shape index (κ1) is 12.6. The first-order valence-corrected chi connectivity index (χ1v) is 6.00. The number of oxime groups is 1. The summed E-state index contributed by atoms with van der Waals surface area (Å²) >= 11 is 0. The van der Waals surface area contributed by atoms with E-state index in [0.717, 1.165) is 30.9 Å². The van der Waals surface area contributed by atoms with Gasteiger partial charge in [0.25, 0.3) is 0 Å². The number of likely N-dealkylation sites (N-methyl/N-ethyl adjacent to an activating group) is 1. The molecule has 3 N–H and O–H groups in total. The third-order valence-electron chi connectivity index (χ3n) is 3.32. The Morgan fingerprint density at radius 1 is 1.56 bits per heavy atom. The first-order valence-electron chi connectivity index (χ1n) is 6.00. The van der Waals surface area contributed by atoms with Crippen LogP contribution in [0.25, 0.3) is 0 Å². The molecule has 1 aromatic rings. The van der Waals surface area contributed by atoms with Gasteiger partial charge in [0, 0.05) is 37.4 Å². The van der Waals surface area contributed by atoms with Crippen LogP contribution in [0.15, 0.2) is 23.6 Å². The average Bonchev–Trinajstić information content (AvgIpc) is 2.38. The van der Waals surface area contributed by atoms with Crippen LogP contribution in [0.4, 0.5) is 5.69 Å². The summed E-state index contributed by atoms with van der Waals surface area (Å²) in [5.74, 6) is 0.124. The van der Waals surface area contributed by atoms with E-state index in [0.29, 0.717) is 6.04 Å². The van der Waals surface area contributed by atoms with Gasteiger partial charge in [0.1, 0.15) is 0 Å². The molecule has 1 unspecified atom stereocenters. The maximum Gasteiger partial charge on any atom is 0.172 e. The summed E-state index contributed by atoms with van der Waals surface area (Å²) < 4.78 is 0. The van der Waals surface area contributed by atoms with E-state index in [-0.39, 0.29) is 5.84 Å². The highest BCUT2D eigenvalue weighted by Gasteiger charge is 2.24. The van der Waals surface area contributed by atoms with Crippen molar-refractivity contribution in [2.45, 2.75) is 13.0 Å². The van der Waals surface area contributed by atoms with Crippen molar-refractivity contribution < 1.29 is 5.21 Å². The summed E-state index contributed by atoms with van der Waals surface area (Å²) in [5, 5.41) is 11.9. The summed E-state index contributed by atoms with van der Waals surface area (Å²) in [6.45, 7) is 5.06. The minimum atomic E-state index is 0.124. The molecule has 6 nitrogen and oxygen atoms in total. The maximum absolute atomic E-state index is 8.83. The van der Waals surface area contributed by atoms with Crippen molar-refractivity contribution in [3.63, 3.8) is 0 Å². The van der Waals surface area contributed by atoms with E-state index in [1.807, 2.05) is 0 Å². The van der Waals surface area contributed by atoms with Gasteiger partial charge in [0.2, 0.25) is 0 Å². The molecule has 1 aromatic heterocycles. The number of pyridine rings is 1. The van der Waals surface area contributed by atoms with E-state index in [4.69, 9.17) is 10.9 Å². The number of hydrogen-bond acceptors (Lipinski definition) is 5. The Morgan fingerprint density at radius 3 is 3.00 bits per heavy atom. The van der Waals surface area contributed by atoms with Crippen molar-refractivity contribution in [2.75, 3.05) is 31.6 Å². The fourth-order valence-corrected chi connectivity index (χ4v) is 2.38. The zero-order valence-electron chi connectivity index (χ0n) is 10.7. The van der Waals surface area contributed by atoms with E-state index in [2.05, 4.69) is 33.9 Å². The van der Waals surface area contributed by atoms with Crippen molar-refractivity contribution in [3.05, 3.63) is 24.0 Å². The van der Waals surface area contributed by atoms with Crippen LogP contribution in [0.1, 0.15) is 12.5 Å². The molecule has 0 bridgehead atoms. The molecule has 18 heavy (non-hydrogen) atoms. The molecule has 1 aliphatic heterocycles. The Balaban J connectivity index is 2.33. The van der Waals surface area contributed by atoms with Crippen LogP contribution < -0.4 is 10.6 Å². The lowest BCUT2D eigenvalue weighted by molar-refractivity contribution is 0.275. The minimum absolute atomic E-state index is 0.124. The van der Waals surface area contributed by atoms with E-state index in [1.54, 1.807) is 18.5 Å². The smallest absolute Gasteiger partial charge is 0.172 e. The van der Waals surface area contributed by atoms with Crippen molar-refractivity contribution >= 4 is 11.5 Å². The van der Waals surface area contributed by atoms with Crippen LogP contribution in [0.2, 0.25) is 0 Å². The minimum Gasteiger partial charge on any atom is -0.409 e. The molecule has 2 heterocycles. The highest BCUT2D eigenvalue weighted by molar-refractivity contribution is 6.02. The number of amidine groups is 1. The molecule has 0 amide bonds. The number of aromatic nitrogens is 1. The van der Waals surface area contributed by atoms with Gasteiger partial charge in [-0.1, -0.05) is 5.16 Å². The Hall–Kier alpha value is -1.82. The van der Waals surface area contributed by atoms with Crippen LogP contribution >= 0.6 is 0 Å². The summed E-state index contributed by atoms with van der Waals surface area (Å²) in [6.07, 6.45) is 3.42. The maximum atomic E-state index is 8.83. The highest BCUT2D eigenvalue weighted by atomic mass is 16.4. The standard InChI is InChI=1S/C12H19N5O/c1-9-8-16(2)5-6-17(9)11-7-14-4-3-10(11)12(13)15-18/h3-4,7,9,18H,5-6,8H2,1-2H3,(H2,13,15). The number of rotatable bonds is 2.